The molecule has 0 aliphatic rings. The van der Waals surface area contributed by atoms with Crippen LogP contribution in [0.3, 0.4) is 0 Å². The predicted octanol–water partition coefficient (Wildman–Crippen LogP) is 3.79. The van der Waals surface area contributed by atoms with Crippen LogP contribution in [0.1, 0.15) is 5.56 Å². The summed E-state index contributed by atoms with van der Waals surface area (Å²) in [6.45, 7) is 0. The lowest BCUT2D eigenvalue weighted by atomic mass is 10.2. The summed E-state index contributed by atoms with van der Waals surface area (Å²) in [5, 5.41) is 9.19. The molecule has 19 heavy (non-hydrogen) atoms. The number of benzene rings is 2. The minimum Gasteiger partial charge on any atom is -0.454 e. The van der Waals surface area contributed by atoms with Gasteiger partial charge in [-0.2, -0.15) is 5.26 Å². The van der Waals surface area contributed by atoms with Gasteiger partial charge >= 0.3 is 0 Å². The SMILES string of the molecule is CSc1cccc(Oc2ccc(F)cc2N)c1C#N. The van der Waals surface area contributed by atoms with Gasteiger partial charge in [0.15, 0.2) is 5.75 Å². The molecule has 96 valence electrons. The first-order chi connectivity index (χ1) is 9.15. The molecule has 2 aromatic carbocycles. The summed E-state index contributed by atoms with van der Waals surface area (Å²) < 4.78 is 18.6. The van der Waals surface area contributed by atoms with Gasteiger partial charge in [0.25, 0.3) is 0 Å². The van der Waals surface area contributed by atoms with Gasteiger partial charge in [-0.1, -0.05) is 6.07 Å². The van der Waals surface area contributed by atoms with Crippen molar-refractivity contribution in [2.45, 2.75) is 4.90 Å². The van der Waals surface area contributed by atoms with Crippen molar-refractivity contribution in [2.24, 2.45) is 0 Å². The van der Waals surface area contributed by atoms with Crippen molar-refractivity contribution in [3.8, 4) is 17.6 Å². The largest absolute Gasteiger partial charge is 0.454 e. The van der Waals surface area contributed by atoms with Crippen molar-refractivity contribution < 1.29 is 9.13 Å². The van der Waals surface area contributed by atoms with E-state index in [9.17, 15) is 9.65 Å². The minimum absolute atomic E-state index is 0.193. The fourth-order valence-corrected chi connectivity index (χ4v) is 2.17. The molecule has 0 fully saturated rings. The molecule has 0 radical (unpaired) electrons. The standard InChI is InChI=1S/C14H11FN2OS/c1-19-14-4-2-3-12(10(14)8-16)18-13-6-5-9(15)7-11(13)17/h2-7H,17H2,1H3. The Morgan fingerprint density at radius 1 is 1.26 bits per heavy atom. The van der Waals surface area contributed by atoms with Crippen molar-refractivity contribution >= 4 is 17.4 Å². The van der Waals surface area contributed by atoms with Gasteiger partial charge in [-0.05, 0) is 30.5 Å². The highest BCUT2D eigenvalue weighted by atomic mass is 32.2. The summed E-state index contributed by atoms with van der Waals surface area (Å²) >= 11 is 1.46. The van der Waals surface area contributed by atoms with Gasteiger partial charge in [-0.3, -0.25) is 0 Å². The Morgan fingerprint density at radius 2 is 2.05 bits per heavy atom. The average Bonchev–Trinajstić information content (AvgIpc) is 2.41. The van der Waals surface area contributed by atoms with Crippen molar-refractivity contribution in [3.05, 3.63) is 47.8 Å². The van der Waals surface area contributed by atoms with Gasteiger partial charge in [0.2, 0.25) is 0 Å². The van der Waals surface area contributed by atoms with Crippen LogP contribution in [-0.2, 0) is 0 Å². The van der Waals surface area contributed by atoms with E-state index in [-0.39, 0.29) is 5.69 Å². The number of nitriles is 1. The molecule has 0 saturated heterocycles. The minimum atomic E-state index is -0.428. The molecule has 3 nitrogen and oxygen atoms in total. The maximum absolute atomic E-state index is 13.0. The number of nitrogens with two attached hydrogens (primary N) is 1. The lowest BCUT2D eigenvalue weighted by Gasteiger charge is -2.11. The maximum Gasteiger partial charge on any atom is 0.150 e. The molecule has 2 rings (SSSR count). The average molecular weight is 274 g/mol. The Morgan fingerprint density at radius 3 is 2.68 bits per heavy atom. The van der Waals surface area contributed by atoms with Gasteiger partial charge in [-0.25, -0.2) is 4.39 Å². The Bertz CT molecular complexity index is 652. The lowest BCUT2D eigenvalue weighted by Crippen LogP contribution is -1.95. The number of nitrogen functional groups attached to an aromatic ring is 1. The van der Waals surface area contributed by atoms with Gasteiger partial charge in [-0.15, -0.1) is 11.8 Å². The molecular formula is C14H11FN2OS. The van der Waals surface area contributed by atoms with E-state index in [1.165, 1.54) is 30.0 Å². The van der Waals surface area contributed by atoms with Crippen LogP contribution < -0.4 is 10.5 Å². The Labute approximate surface area is 114 Å². The fraction of sp³-hybridized carbons (Fsp3) is 0.0714. The maximum atomic E-state index is 13.0. The van der Waals surface area contributed by atoms with Crippen LogP contribution in [-0.4, -0.2) is 6.26 Å². The third-order valence-electron chi connectivity index (χ3n) is 2.51. The van der Waals surface area contributed by atoms with E-state index >= 15 is 0 Å². The summed E-state index contributed by atoms with van der Waals surface area (Å²) in [4.78, 5) is 0.820. The molecule has 0 spiro atoms. The topological polar surface area (TPSA) is 59.0 Å². The zero-order chi connectivity index (χ0) is 13.8. The third-order valence-corrected chi connectivity index (χ3v) is 3.29. The fourth-order valence-electron chi connectivity index (χ4n) is 1.61. The molecule has 0 bridgehead atoms. The molecule has 0 heterocycles. The lowest BCUT2D eigenvalue weighted by molar-refractivity contribution is 0.480. The van der Waals surface area contributed by atoms with Crippen LogP contribution >= 0.6 is 11.8 Å². The van der Waals surface area contributed by atoms with Crippen molar-refractivity contribution in [3.63, 3.8) is 0 Å². The molecule has 0 atom stereocenters. The first-order valence-corrected chi connectivity index (χ1v) is 6.68. The van der Waals surface area contributed by atoms with Crippen LogP contribution in [0, 0.1) is 17.1 Å². The van der Waals surface area contributed by atoms with Crippen LogP contribution in [0.15, 0.2) is 41.3 Å². The molecule has 0 unspecified atom stereocenters. The smallest absolute Gasteiger partial charge is 0.150 e. The van der Waals surface area contributed by atoms with E-state index in [1.54, 1.807) is 12.1 Å². The zero-order valence-corrected chi connectivity index (χ0v) is 11.0. The van der Waals surface area contributed by atoms with Crippen molar-refractivity contribution in [2.75, 3.05) is 12.0 Å². The van der Waals surface area contributed by atoms with E-state index in [0.29, 0.717) is 17.1 Å². The molecule has 5 heteroatoms. The molecule has 2 N–H and O–H groups in total. The summed E-state index contributed by atoms with van der Waals surface area (Å²) in [5.74, 6) is 0.312. The number of halogens is 1. The monoisotopic (exact) mass is 274 g/mol. The van der Waals surface area contributed by atoms with Gasteiger partial charge in [0, 0.05) is 11.0 Å². The highest BCUT2D eigenvalue weighted by molar-refractivity contribution is 7.98. The van der Waals surface area contributed by atoms with E-state index in [1.807, 2.05) is 12.3 Å². The van der Waals surface area contributed by atoms with Crippen LogP contribution in [0.2, 0.25) is 0 Å². The van der Waals surface area contributed by atoms with E-state index in [0.717, 1.165) is 4.90 Å². The number of hydrogen-bond donors (Lipinski definition) is 1. The van der Waals surface area contributed by atoms with Crippen LogP contribution in [0.25, 0.3) is 0 Å². The second kappa shape index (κ2) is 5.63. The number of hydrogen-bond acceptors (Lipinski definition) is 4. The van der Waals surface area contributed by atoms with Crippen LogP contribution in [0.5, 0.6) is 11.5 Å². The first kappa shape index (κ1) is 13.2. The Balaban J connectivity index is 2.41. The predicted molar refractivity (Wildman–Crippen MR) is 73.8 cm³/mol. The zero-order valence-electron chi connectivity index (χ0n) is 10.2. The molecule has 0 saturated carbocycles. The summed E-state index contributed by atoms with van der Waals surface area (Å²) in [6.07, 6.45) is 1.88. The van der Waals surface area contributed by atoms with Crippen LogP contribution in [0.4, 0.5) is 10.1 Å². The normalized spacial score (nSPS) is 9.95. The number of ether oxygens (including phenoxy) is 1. The highest BCUT2D eigenvalue weighted by Gasteiger charge is 2.11. The molecule has 0 amide bonds. The van der Waals surface area contributed by atoms with E-state index < -0.39 is 5.82 Å². The number of anilines is 1. The summed E-state index contributed by atoms with van der Waals surface area (Å²) in [7, 11) is 0. The second-order valence-electron chi connectivity index (χ2n) is 3.73. The molecular weight excluding hydrogens is 263 g/mol. The summed E-state index contributed by atoms with van der Waals surface area (Å²) in [5.41, 5.74) is 6.31. The molecule has 0 aliphatic carbocycles. The first-order valence-electron chi connectivity index (χ1n) is 5.45. The highest BCUT2D eigenvalue weighted by Crippen LogP contribution is 2.33. The third kappa shape index (κ3) is 2.80. The molecule has 0 aromatic heterocycles. The van der Waals surface area contributed by atoms with Crippen molar-refractivity contribution in [1.29, 1.82) is 5.26 Å². The number of rotatable bonds is 3. The van der Waals surface area contributed by atoms with Gasteiger partial charge in [0.1, 0.15) is 23.2 Å². The van der Waals surface area contributed by atoms with E-state index in [2.05, 4.69) is 6.07 Å². The molecule has 2 aromatic rings. The van der Waals surface area contributed by atoms with Gasteiger partial charge < -0.3 is 10.5 Å². The van der Waals surface area contributed by atoms with E-state index in [4.69, 9.17) is 10.5 Å². The summed E-state index contributed by atoms with van der Waals surface area (Å²) in [6, 6.07) is 11.3. The number of thioether (sulfide) groups is 1. The van der Waals surface area contributed by atoms with Crippen molar-refractivity contribution in [1.82, 2.24) is 0 Å². The number of nitrogens with zero attached hydrogens (tertiary/aromatic N) is 1. The van der Waals surface area contributed by atoms with Gasteiger partial charge in [0.05, 0.1) is 5.69 Å². The molecule has 0 aliphatic heterocycles. The Kier molecular flexibility index (Phi) is 3.93. The Hall–Kier alpha value is -2.19. The second-order valence-corrected chi connectivity index (χ2v) is 4.58. The quantitative estimate of drug-likeness (QED) is 0.683.